The first-order valence-corrected chi connectivity index (χ1v) is 10.3. The maximum atomic E-state index is 12.2. The van der Waals surface area contributed by atoms with Crippen LogP contribution in [0.15, 0.2) is 60.7 Å². The molecule has 0 saturated carbocycles. The number of methoxy groups -OCH3 is 1. The second-order valence-electron chi connectivity index (χ2n) is 7.42. The molecule has 0 unspecified atom stereocenters. The summed E-state index contributed by atoms with van der Waals surface area (Å²) in [7, 11) is 1.34. The molecule has 1 saturated heterocycles. The van der Waals surface area contributed by atoms with Crippen LogP contribution < -0.4 is 10.6 Å². The zero-order valence-corrected chi connectivity index (χ0v) is 17.5. The lowest BCUT2D eigenvalue weighted by Crippen LogP contribution is -2.46. The van der Waals surface area contributed by atoms with Crippen LogP contribution in [-0.2, 0) is 14.3 Å². The zero-order valence-electron chi connectivity index (χ0n) is 17.5. The van der Waals surface area contributed by atoms with Crippen LogP contribution in [0.25, 0.3) is 6.08 Å². The van der Waals surface area contributed by atoms with Gasteiger partial charge in [0.05, 0.1) is 19.2 Å². The minimum atomic E-state index is -0.392. The Morgan fingerprint density at radius 1 is 1.03 bits per heavy atom. The summed E-state index contributed by atoms with van der Waals surface area (Å²) in [6, 6.07) is 16.3. The van der Waals surface area contributed by atoms with E-state index in [-0.39, 0.29) is 17.9 Å². The molecule has 0 radical (unpaired) electrons. The lowest BCUT2D eigenvalue weighted by atomic mass is 10.0. The number of piperidine rings is 1. The zero-order chi connectivity index (χ0) is 22.1. The van der Waals surface area contributed by atoms with E-state index in [9.17, 15) is 14.4 Å². The molecule has 7 nitrogen and oxygen atoms in total. The van der Waals surface area contributed by atoms with Gasteiger partial charge in [0.25, 0.3) is 0 Å². The average molecular weight is 421 g/mol. The van der Waals surface area contributed by atoms with Crippen molar-refractivity contribution in [1.29, 1.82) is 0 Å². The largest absolute Gasteiger partial charge is 0.465 e. The first kappa shape index (κ1) is 22.2. The molecule has 2 N–H and O–H groups in total. The molecule has 1 aliphatic heterocycles. The molecule has 0 spiro atoms. The van der Waals surface area contributed by atoms with Crippen molar-refractivity contribution in [2.24, 2.45) is 0 Å². The third-order valence-electron chi connectivity index (χ3n) is 5.12. The molecule has 162 valence electrons. The SMILES string of the molecule is COC(=O)c1ccc(/C=C/C(=O)NC2CCN(CC(=O)Nc3ccccc3)CC2)cc1. The quantitative estimate of drug-likeness (QED) is 0.530. The number of benzene rings is 2. The Morgan fingerprint density at radius 3 is 2.35 bits per heavy atom. The van der Waals surface area contributed by atoms with Gasteiger partial charge in [0.2, 0.25) is 11.8 Å². The number of hydrogen-bond donors (Lipinski definition) is 2. The topological polar surface area (TPSA) is 87.7 Å². The molecule has 2 amide bonds. The van der Waals surface area contributed by atoms with Gasteiger partial charge in [0.15, 0.2) is 0 Å². The highest BCUT2D eigenvalue weighted by molar-refractivity contribution is 5.93. The summed E-state index contributed by atoms with van der Waals surface area (Å²) >= 11 is 0. The van der Waals surface area contributed by atoms with Crippen LogP contribution in [-0.4, -0.2) is 55.5 Å². The Kier molecular flexibility index (Phi) is 7.95. The van der Waals surface area contributed by atoms with Crippen LogP contribution in [0.5, 0.6) is 0 Å². The standard InChI is InChI=1S/C24H27N3O4/c1-31-24(30)19-10-7-18(8-11-19)9-12-22(28)25-21-13-15-27(16-14-21)17-23(29)26-20-5-3-2-4-6-20/h2-12,21H,13-17H2,1H3,(H,25,28)(H,26,29)/b12-9+. The van der Waals surface area contributed by atoms with E-state index >= 15 is 0 Å². The molecular formula is C24H27N3O4. The van der Waals surface area contributed by atoms with Crippen molar-refractivity contribution >= 4 is 29.5 Å². The number of carbonyl (C=O) groups excluding carboxylic acids is 3. The molecule has 0 aliphatic carbocycles. The molecule has 3 rings (SSSR count). The van der Waals surface area contributed by atoms with E-state index in [1.165, 1.54) is 13.2 Å². The van der Waals surface area contributed by atoms with Crippen molar-refractivity contribution in [2.45, 2.75) is 18.9 Å². The highest BCUT2D eigenvalue weighted by Crippen LogP contribution is 2.12. The number of nitrogens with one attached hydrogen (secondary N) is 2. The van der Waals surface area contributed by atoms with E-state index in [0.717, 1.165) is 37.2 Å². The number of likely N-dealkylation sites (tertiary alicyclic amines) is 1. The number of amides is 2. The Bertz CT molecular complexity index is 918. The summed E-state index contributed by atoms with van der Waals surface area (Å²) < 4.78 is 4.67. The van der Waals surface area contributed by atoms with E-state index in [1.54, 1.807) is 30.3 Å². The normalized spacial score (nSPS) is 14.9. The fourth-order valence-corrected chi connectivity index (χ4v) is 3.43. The van der Waals surface area contributed by atoms with Gasteiger partial charge in [-0.15, -0.1) is 0 Å². The molecular weight excluding hydrogens is 394 g/mol. The van der Waals surface area contributed by atoms with Crippen LogP contribution in [0.1, 0.15) is 28.8 Å². The molecule has 7 heteroatoms. The number of para-hydroxylation sites is 1. The maximum absolute atomic E-state index is 12.2. The van der Waals surface area contributed by atoms with Crippen LogP contribution in [0.2, 0.25) is 0 Å². The number of hydrogen-bond acceptors (Lipinski definition) is 5. The van der Waals surface area contributed by atoms with Gasteiger partial charge >= 0.3 is 5.97 Å². The highest BCUT2D eigenvalue weighted by atomic mass is 16.5. The third-order valence-corrected chi connectivity index (χ3v) is 5.12. The molecule has 0 atom stereocenters. The second kappa shape index (κ2) is 11.1. The summed E-state index contributed by atoms with van der Waals surface area (Å²) in [5.41, 5.74) is 2.08. The average Bonchev–Trinajstić information content (AvgIpc) is 2.79. The monoisotopic (exact) mass is 421 g/mol. The first-order valence-electron chi connectivity index (χ1n) is 10.3. The summed E-state index contributed by atoms with van der Waals surface area (Å²) in [5, 5.41) is 5.91. The van der Waals surface area contributed by atoms with Crippen LogP contribution in [0.4, 0.5) is 5.69 Å². The molecule has 1 fully saturated rings. The van der Waals surface area contributed by atoms with E-state index in [1.807, 2.05) is 30.3 Å². The molecule has 2 aromatic rings. The van der Waals surface area contributed by atoms with Crippen molar-refractivity contribution in [3.63, 3.8) is 0 Å². The van der Waals surface area contributed by atoms with Crippen LogP contribution >= 0.6 is 0 Å². The minimum absolute atomic E-state index is 0.0326. The van der Waals surface area contributed by atoms with Crippen LogP contribution in [0.3, 0.4) is 0 Å². The van der Waals surface area contributed by atoms with Gasteiger partial charge in [-0.3, -0.25) is 14.5 Å². The number of anilines is 1. The Labute approximate surface area is 182 Å². The van der Waals surface area contributed by atoms with E-state index < -0.39 is 5.97 Å². The van der Waals surface area contributed by atoms with E-state index in [2.05, 4.69) is 20.3 Å². The summed E-state index contributed by atoms with van der Waals surface area (Å²) in [4.78, 5) is 37.9. The maximum Gasteiger partial charge on any atom is 0.337 e. The number of rotatable bonds is 7. The first-order chi connectivity index (χ1) is 15.0. The van der Waals surface area contributed by atoms with Gasteiger partial charge < -0.3 is 15.4 Å². The van der Waals surface area contributed by atoms with Gasteiger partial charge in [-0.1, -0.05) is 30.3 Å². The minimum Gasteiger partial charge on any atom is -0.465 e. The molecule has 1 heterocycles. The van der Waals surface area contributed by atoms with Crippen molar-refractivity contribution < 1.29 is 19.1 Å². The fourth-order valence-electron chi connectivity index (χ4n) is 3.43. The predicted octanol–water partition coefficient (Wildman–Crippen LogP) is 2.71. The van der Waals surface area contributed by atoms with Crippen molar-refractivity contribution in [3.8, 4) is 0 Å². The molecule has 1 aliphatic rings. The van der Waals surface area contributed by atoms with Gasteiger partial charge in [0.1, 0.15) is 0 Å². The van der Waals surface area contributed by atoms with Gasteiger partial charge in [-0.05, 0) is 48.7 Å². The van der Waals surface area contributed by atoms with Crippen molar-refractivity contribution in [1.82, 2.24) is 10.2 Å². The van der Waals surface area contributed by atoms with Crippen LogP contribution in [0, 0.1) is 0 Å². The Hall–Kier alpha value is -3.45. The van der Waals surface area contributed by atoms with Crippen molar-refractivity contribution in [2.75, 3.05) is 32.1 Å². The van der Waals surface area contributed by atoms with Crippen molar-refractivity contribution in [3.05, 3.63) is 71.8 Å². The smallest absolute Gasteiger partial charge is 0.337 e. The molecule has 0 bridgehead atoms. The highest BCUT2D eigenvalue weighted by Gasteiger charge is 2.21. The fraction of sp³-hybridized carbons (Fsp3) is 0.292. The lowest BCUT2D eigenvalue weighted by molar-refractivity contribution is -0.119. The summed E-state index contributed by atoms with van der Waals surface area (Å²) in [6.07, 6.45) is 4.80. The summed E-state index contributed by atoms with van der Waals surface area (Å²) in [5.74, 6) is -0.579. The van der Waals surface area contributed by atoms with Gasteiger partial charge in [-0.2, -0.15) is 0 Å². The Balaban J connectivity index is 1.39. The van der Waals surface area contributed by atoms with Gasteiger partial charge in [-0.25, -0.2) is 4.79 Å². The lowest BCUT2D eigenvalue weighted by Gasteiger charge is -2.31. The molecule has 2 aromatic carbocycles. The third kappa shape index (κ3) is 7.08. The van der Waals surface area contributed by atoms with E-state index in [4.69, 9.17) is 0 Å². The summed E-state index contributed by atoms with van der Waals surface area (Å²) in [6.45, 7) is 1.86. The predicted molar refractivity (Wildman–Crippen MR) is 119 cm³/mol. The molecule has 0 aromatic heterocycles. The van der Waals surface area contributed by atoms with Gasteiger partial charge in [0, 0.05) is 30.9 Å². The second-order valence-corrected chi connectivity index (χ2v) is 7.42. The number of esters is 1. The van der Waals surface area contributed by atoms with E-state index in [0.29, 0.717) is 12.1 Å². The number of nitrogens with zero attached hydrogens (tertiary/aromatic N) is 1. The number of carbonyl (C=O) groups is 3. The molecule has 31 heavy (non-hydrogen) atoms. The number of ether oxygens (including phenoxy) is 1. The Morgan fingerprint density at radius 2 is 1.71 bits per heavy atom.